The zero-order valence-electron chi connectivity index (χ0n) is 10.0. The first-order valence-electron chi connectivity index (χ1n) is 5.43. The minimum absolute atomic E-state index is 0.0222. The van der Waals surface area contributed by atoms with Crippen LogP contribution in [0, 0.1) is 13.8 Å². The number of amides is 1. The lowest BCUT2D eigenvalue weighted by Crippen LogP contribution is -2.08. The Kier molecular flexibility index (Phi) is 3.28. The van der Waals surface area contributed by atoms with Crippen molar-refractivity contribution in [3.05, 3.63) is 23.0 Å². The maximum atomic E-state index is 11.2. The molecule has 2 rings (SSSR count). The highest BCUT2D eigenvalue weighted by molar-refractivity contribution is 7.14. The summed E-state index contributed by atoms with van der Waals surface area (Å²) in [5.41, 5.74) is 1.83. The minimum Gasteiger partial charge on any atom is -0.466 e. The molecule has 0 fully saturated rings. The summed E-state index contributed by atoms with van der Waals surface area (Å²) in [5.74, 6) is 1.69. The summed E-state index contributed by atoms with van der Waals surface area (Å²) in [5, 5.41) is 5.29. The van der Waals surface area contributed by atoms with Crippen molar-refractivity contribution in [3.63, 3.8) is 0 Å². The van der Waals surface area contributed by atoms with Crippen molar-refractivity contribution in [1.29, 1.82) is 0 Å². The molecule has 1 amide bonds. The fraction of sp³-hybridized carbons (Fsp3) is 0.333. The number of thiazole rings is 1. The number of hydrogen-bond donors (Lipinski definition) is 1. The second-order valence-corrected chi connectivity index (χ2v) is 4.62. The molecule has 2 aromatic heterocycles. The number of nitrogens with one attached hydrogen (secondary N) is 1. The predicted octanol–water partition coefficient (Wildman–Crippen LogP) is 3.37. The maximum absolute atomic E-state index is 11.2. The van der Waals surface area contributed by atoms with E-state index < -0.39 is 0 Å². The number of rotatable bonds is 3. The highest BCUT2D eigenvalue weighted by atomic mass is 32.1. The molecule has 0 radical (unpaired) electrons. The number of aromatic nitrogens is 1. The molecule has 17 heavy (non-hydrogen) atoms. The molecule has 0 bridgehead atoms. The molecule has 0 aliphatic heterocycles. The molecule has 2 heterocycles. The Bertz CT molecular complexity index is 542. The van der Waals surface area contributed by atoms with Crippen LogP contribution in [0.1, 0.15) is 24.9 Å². The second-order valence-electron chi connectivity index (χ2n) is 3.77. The van der Waals surface area contributed by atoms with Gasteiger partial charge in [0, 0.05) is 17.4 Å². The van der Waals surface area contributed by atoms with E-state index in [1.165, 1.54) is 11.3 Å². The smallest absolute Gasteiger partial charge is 0.225 e. The van der Waals surface area contributed by atoms with Gasteiger partial charge in [-0.05, 0) is 19.9 Å². The van der Waals surface area contributed by atoms with Crippen LogP contribution in [-0.4, -0.2) is 10.9 Å². The number of aryl methyl sites for hydroxylation is 2. The van der Waals surface area contributed by atoms with Crippen LogP contribution in [0.15, 0.2) is 15.9 Å². The number of nitrogens with zero attached hydrogens (tertiary/aromatic N) is 1. The quantitative estimate of drug-likeness (QED) is 0.908. The monoisotopic (exact) mass is 250 g/mol. The van der Waals surface area contributed by atoms with Crippen LogP contribution in [-0.2, 0) is 4.79 Å². The van der Waals surface area contributed by atoms with Gasteiger partial charge in [0.15, 0.2) is 5.13 Å². The molecule has 0 aromatic carbocycles. The fourth-order valence-corrected chi connectivity index (χ4v) is 2.27. The van der Waals surface area contributed by atoms with E-state index in [2.05, 4.69) is 10.3 Å². The van der Waals surface area contributed by atoms with Gasteiger partial charge in [0.2, 0.25) is 5.91 Å². The van der Waals surface area contributed by atoms with Gasteiger partial charge in [0.05, 0.1) is 5.69 Å². The van der Waals surface area contributed by atoms with E-state index in [0.29, 0.717) is 11.6 Å². The zero-order valence-corrected chi connectivity index (χ0v) is 10.9. The summed E-state index contributed by atoms with van der Waals surface area (Å²) in [6, 6.07) is 1.95. The summed E-state index contributed by atoms with van der Waals surface area (Å²) >= 11 is 1.42. The van der Waals surface area contributed by atoms with Gasteiger partial charge in [-0.25, -0.2) is 4.98 Å². The third kappa shape index (κ3) is 2.55. The standard InChI is InChI=1S/C12H14N2O2S/c1-4-11(15)14-12-13-10(6-17-12)9-5-7(2)16-8(9)3/h5-6H,4H2,1-3H3,(H,13,14,15). The lowest BCUT2D eigenvalue weighted by molar-refractivity contribution is -0.115. The van der Waals surface area contributed by atoms with Gasteiger partial charge < -0.3 is 9.73 Å². The van der Waals surface area contributed by atoms with E-state index in [4.69, 9.17) is 4.42 Å². The second kappa shape index (κ2) is 4.71. The molecule has 1 N–H and O–H groups in total. The van der Waals surface area contributed by atoms with Gasteiger partial charge >= 0.3 is 0 Å². The molecule has 0 aliphatic carbocycles. The SMILES string of the molecule is CCC(=O)Nc1nc(-c2cc(C)oc2C)cs1. The van der Waals surface area contributed by atoms with Gasteiger partial charge in [-0.1, -0.05) is 6.92 Å². The molecule has 0 saturated heterocycles. The van der Waals surface area contributed by atoms with Crippen LogP contribution in [0.5, 0.6) is 0 Å². The summed E-state index contributed by atoms with van der Waals surface area (Å²) in [4.78, 5) is 15.6. The lowest BCUT2D eigenvalue weighted by atomic mass is 10.2. The Hall–Kier alpha value is -1.62. The maximum Gasteiger partial charge on any atom is 0.225 e. The van der Waals surface area contributed by atoms with Crippen LogP contribution >= 0.6 is 11.3 Å². The topological polar surface area (TPSA) is 55.1 Å². The highest BCUT2D eigenvalue weighted by Gasteiger charge is 2.11. The molecule has 4 nitrogen and oxygen atoms in total. The first-order valence-corrected chi connectivity index (χ1v) is 6.31. The molecule has 5 heteroatoms. The number of furan rings is 1. The van der Waals surface area contributed by atoms with Gasteiger partial charge in [0.1, 0.15) is 11.5 Å². The van der Waals surface area contributed by atoms with Crippen molar-refractivity contribution in [2.24, 2.45) is 0 Å². The molecular weight excluding hydrogens is 236 g/mol. The first-order chi connectivity index (χ1) is 8.10. The van der Waals surface area contributed by atoms with E-state index in [1.54, 1.807) is 0 Å². The van der Waals surface area contributed by atoms with Crippen molar-refractivity contribution in [2.75, 3.05) is 5.32 Å². The summed E-state index contributed by atoms with van der Waals surface area (Å²) in [7, 11) is 0. The van der Waals surface area contributed by atoms with E-state index in [-0.39, 0.29) is 5.91 Å². The molecule has 0 unspecified atom stereocenters. The number of anilines is 1. The summed E-state index contributed by atoms with van der Waals surface area (Å²) in [6.07, 6.45) is 0.457. The van der Waals surface area contributed by atoms with Crippen molar-refractivity contribution >= 4 is 22.4 Å². The summed E-state index contributed by atoms with van der Waals surface area (Å²) < 4.78 is 5.46. The van der Waals surface area contributed by atoms with Crippen LogP contribution in [0.4, 0.5) is 5.13 Å². The molecule has 0 saturated carbocycles. The molecule has 0 spiro atoms. The lowest BCUT2D eigenvalue weighted by Gasteiger charge is -1.96. The molecule has 0 aliphatic rings. The van der Waals surface area contributed by atoms with Crippen LogP contribution < -0.4 is 5.32 Å². The Morgan fingerprint density at radius 1 is 1.53 bits per heavy atom. The fourth-order valence-electron chi connectivity index (χ4n) is 1.55. The van der Waals surface area contributed by atoms with E-state index in [0.717, 1.165) is 22.8 Å². The van der Waals surface area contributed by atoms with E-state index in [9.17, 15) is 4.79 Å². The largest absolute Gasteiger partial charge is 0.466 e. The Morgan fingerprint density at radius 2 is 2.29 bits per heavy atom. The third-order valence-electron chi connectivity index (χ3n) is 2.39. The molecule has 90 valence electrons. The van der Waals surface area contributed by atoms with Gasteiger partial charge in [-0.15, -0.1) is 11.3 Å². The number of hydrogen-bond acceptors (Lipinski definition) is 4. The van der Waals surface area contributed by atoms with Gasteiger partial charge in [-0.2, -0.15) is 0 Å². The van der Waals surface area contributed by atoms with Crippen molar-refractivity contribution in [1.82, 2.24) is 4.98 Å². The van der Waals surface area contributed by atoms with Crippen LogP contribution in [0.2, 0.25) is 0 Å². The van der Waals surface area contributed by atoms with Gasteiger partial charge in [0.25, 0.3) is 0 Å². The normalized spacial score (nSPS) is 10.5. The molecule has 2 aromatic rings. The number of carbonyl (C=O) groups excluding carboxylic acids is 1. The Balaban J connectivity index is 2.24. The van der Waals surface area contributed by atoms with Crippen molar-refractivity contribution in [2.45, 2.75) is 27.2 Å². The number of carbonyl (C=O) groups is 1. The third-order valence-corrected chi connectivity index (χ3v) is 3.15. The van der Waals surface area contributed by atoms with Crippen LogP contribution in [0.3, 0.4) is 0 Å². The molecular formula is C12H14N2O2S. The zero-order chi connectivity index (χ0) is 12.4. The van der Waals surface area contributed by atoms with Gasteiger partial charge in [-0.3, -0.25) is 4.79 Å². The highest BCUT2D eigenvalue weighted by Crippen LogP contribution is 2.29. The Morgan fingerprint density at radius 3 is 2.88 bits per heavy atom. The van der Waals surface area contributed by atoms with Crippen molar-refractivity contribution in [3.8, 4) is 11.3 Å². The predicted molar refractivity (Wildman–Crippen MR) is 68.2 cm³/mol. The van der Waals surface area contributed by atoms with Crippen LogP contribution in [0.25, 0.3) is 11.3 Å². The first kappa shape index (κ1) is 11.9. The molecule has 0 atom stereocenters. The Labute approximate surface area is 104 Å². The average molecular weight is 250 g/mol. The minimum atomic E-state index is -0.0222. The summed E-state index contributed by atoms with van der Waals surface area (Å²) in [6.45, 7) is 5.63. The van der Waals surface area contributed by atoms with E-state index in [1.807, 2.05) is 32.2 Å². The van der Waals surface area contributed by atoms with E-state index >= 15 is 0 Å². The average Bonchev–Trinajstić information content (AvgIpc) is 2.85. The van der Waals surface area contributed by atoms with Crippen molar-refractivity contribution < 1.29 is 9.21 Å².